The second kappa shape index (κ2) is 7.23. The van der Waals surface area contributed by atoms with Crippen LogP contribution in [0.4, 0.5) is 13.2 Å². The Labute approximate surface area is 121 Å². The summed E-state index contributed by atoms with van der Waals surface area (Å²) in [6.45, 7) is -2.48. The van der Waals surface area contributed by atoms with Crippen molar-refractivity contribution in [2.24, 2.45) is 0 Å². The van der Waals surface area contributed by atoms with E-state index in [4.69, 9.17) is 10.2 Å². The summed E-state index contributed by atoms with van der Waals surface area (Å²) in [5.41, 5.74) is 0.0164. The van der Waals surface area contributed by atoms with Crippen LogP contribution in [0.3, 0.4) is 0 Å². The van der Waals surface area contributed by atoms with Gasteiger partial charge in [-0.1, -0.05) is 0 Å². The number of aliphatic carboxylic acids is 1. The van der Waals surface area contributed by atoms with Crippen molar-refractivity contribution in [3.05, 3.63) is 28.0 Å². The zero-order valence-corrected chi connectivity index (χ0v) is 11.4. The number of carboxylic acid groups (broad SMARTS) is 1. The number of aliphatic hydroxyl groups is 1. The largest absolute Gasteiger partial charge is 0.478 e. The quantitative estimate of drug-likeness (QED) is 0.783. The minimum atomic E-state index is -4.56. The summed E-state index contributed by atoms with van der Waals surface area (Å²) >= 11 is 1.03. The third kappa shape index (κ3) is 5.96. The van der Waals surface area contributed by atoms with Crippen LogP contribution in [0.25, 0.3) is 6.08 Å². The number of amides is 1. The highest BCUT2D eigenvalue weighted by Crippen LogP contribution is 2.21. The molecule has 0 saturated carbocycles. The third-order valence-electron chi connectivity index (χ3n) is 2.28. The molecule has 0 aromatic carbocycles. The molecule has 0 saturated heterocycles. The first kappa shape index (κ1) is 17.2. The molecule has 0 bridgehead atoms. The summed E-state index contributed by atoms with van der Waals surface area (Å²) in [4.78, 5) is 23.2. The van der Waals surface area contributed by atoms with Gasteiger partial charge in [-0.2, -0.15) is 13.2 Å². The van der Waals surface area contributed by atoms with Crippen LogP contribution in [-0.2, 0) is 4.79 Å². The van der Waals surface area contributed by atoms with Gasteiger partial charge in [-0.3, -0.25) is 4.79 Å². The fraction of sp³-hybridized carbons (Fsp3) is 0.333. The van der Waals surface area contributed by atoms with Gasteiger partial charge in [0.05, 0.1) is 12.2 Å². The van der Waals surface area contributed by atoms with E-state index in [1.54, 1.807) is 0 Å². The van der Waals surface area contributed by atoms with E-state index in [0.717, 1.165) is 17.4 Å². The second-order valence-electron chi connectivity index (χ2n) is 3.97. The molecular formula is C12H12F3NO4S. The summed E-state index contributed by atoms with van der Waals surface area (Å²) in [5, 5.41) is 18.5. The lowest BCUT2D eigenvalue weighted by atomic mass is 10.2. The summed E-state index contributed by atoms with van der Waals surface area (Å²) in [6.07, 6.45) is -2.46. The minimum absolute atomic E-state index is 0.0164. The van der Waals surface area contributed by atoms with Crippen LogP contribution in [0.5, 0.6) is 0 Å². The lowest BCUT2D eigenvalue weighted by molar-refractivity contribution is -0.141. The van der Waals surface area contributed by atoms with Crippen molar-refractivity contribution in [3.63, 3.8) is 0 Å². The molecule has 1 aromatic heterocycles. The van der Waals surface area contributed by atoms with Crippen molar-refractivity contribution >= 4 is 29.3 Å². The topological polar surface area (TPSA) is 77.8 Å². The Morgan fingerprint density at radius 3 is 2.57 bits per heavy atom. The van der Waals surface area contributed by atoms with E-state index in [-0.39, 0.29) is 5.56 Å². The maximum Gasteiger partial charge on any atom is 0.406 e. The van der Waals surface area contributed by atoms with Gasteiger partial charge in [0, 0.05) is 22.9 Å². The van der Waals surface area contributed by atoms with E-state index in [9.17, 15) is 22.8 Å². The molecule has 1 amide bonds. The van der Waals surface area contributed by atoms with Gasteiger partial charge >= 0.3 is 12.1 Å². The highest BCUT2D eigenvalue weighted by Gasteiger charge is 2.33. The minimum Gasteiger partial charge on any atom is -0.478 e. The lowest BCUT2D eigenvalue weighted by Gasteiger charge is -2.22. The van der Waals surface area contributed by atoms with E-state index in [0.29, 0.717) is 9.78 Å². The number of rotatable bonds is 6. The van der Waals surface area contributed by atoms with Crippen LogP contribution in [-0.4, -0.2) is 52.9 Å². The number of carboxylic acids is 1. The smallest absolute Gasteiger partial charge is 0.406 e. The summed E-state index contributed by atoms with van der Waals surface area (Å²) in [5.74, 6) is -2.04. The van der Waals surface area contributed by atoms with Crippen molar-refractivity contribution in [1.29, 1.82) is 0 Å². The van der Waals surface area contributed by atoms with Crippen molar-refractivity contribution < 1.29 is 33.0 Å². The SMILES string of the molecule is O=C(O)/C=C/c1cc(C(=O)N(CCO)CC(F)(F)F)cs1. The van der Waals surface area contributed by atoms with E-state index in [1.807, 2.05) is 0 Å². The maximum atomic E-state index is 12.4. The monoisotopic (exact) mass is 323 g/mol. The number of aliphatic hydroxyl groups excluding tert-OH is 1. The molecule has 116 valence electrons. The first-order valence-corrected chi connectivity index (χ1v) is 6.57. The molecule has 1 aromatic rings. The van der Waals surface area contributed by atoms with Gasteiger partial charge in [0.2, 0.25) is 0 Å². The van der Waals surface area contributed by atoms with Gasteiger partial charge in [-0.05, 0) is 12.1 Å². The number of carbonyl (C=O) groups is 2. The number of halogens is 3. The third-order valence-corrected chi connectivity index (χ3v) is 3.18. The van der Waals surface area contributed by atoms with Gasteiger partial charge in [0.15, 0.2) is 0 Å². The normalized spacial score (nSPS) is 11.8. The van der Waals surface area contributed by atoms with Gasteiger partial charge in [0.25, 0.3) is 5.91 Å². The van der Waals surface area contributed by atoms with Crippen molar-refractivity contribution in [2.75, 3.05) is 19.7 Å². The molecule has 0 atom stereocenters. The van der Waals surface area contributed by atoms with E-state index in [2.05, 4.69) is 0 Å². The average Bonchev–Trinajstić information content (AvgIpc) is 2.82. The Kier molecular flexibility index (Phi) is 5.91. The maximum absolute atomic E-state index is 12.4. The summed E-state index contributed by atoms with van der Waals surface area (Å²) in [6, 6.07) is 1.30. The van der Waals surface area contributed by atoms with E-state index in [1.165, 1.54) is 17.5 Å². The molecule has 0 aliphatic rings. The predicted octanol–water partition coefficient (Wildman–Crippen LogP) is 1.84. The van der Waals surface area contributed by atoms with Crippen LogP contribution in [0.15, 0.2) is 17.5 Å². The summed E-state index contributed by atoms with van der Waals surface area (Å²) < 4.78 is 37.1. The van der Waals surface area contributed by atoms with Crippen molar-refractivity contribution in [2.45, 2.75) is 6.18 Å². The number of nitrogens with zero attached hydrogens (tertiary/aromatic N) is 1. The Morgan fingerprint density at radius 2 is 2.05 bits per heavy atom. The molecule has 0 fully saturated rings. The second-order valence-corrected chi connectivity index (χ2v) is 4.92. The van der Waals surface area contributed by atoms with Gasteiger partial charge < -0.3 is 15.1 Å². The van der Waals surface area contributed by atoms with Crippen molar-refractivity contribution in [1.82, 2.24) is 4.90 Å². The fourth-order valence-electron chi connectivity index (χ4n) is 1.48. The Bertz CT molecular complexity index is 539. The zero-order chi connectivity index (χ0) is 16.0. The summed E-state index contributed by atoms with van der Waals surface area (Å²) in [7, 11) is 0. The Balaban J connectivity index is 2.86. The van der Waals surface area contributed by atoms with E-state index >= 15 is 0 Å². The highest BCUT2D eigenvalue weighted by atomic mass is 32.1. The van der Waals surface area contributed by atoms with Crippen LogP contribution in [0.1, 0.15) is 15.2 Å². The number of hydrogen-bond acceptors (Lipinski definition) is 4. The van der Waals surface area contributed by atoms with Crippen LogP contribution >= 0.6 is 11.3 Å². The van der Waals surface area contributed by atoms with Gasteiger partial charge in [0.1, 0.15) is 6.54 Å². The molecule has 2 N–H and O–H groups in total. The molecular weight excluding hydrogens is 311 g/mol. The molecule has 0 radical (unpaired) electrons. The molecule has 21 heavy (non-hydrogen) atoms. The lowest BCUT2D eigenvalue weighted by Crippen LogP contribution is -2.40. The molecule has 0 aliphatic carbocycles. The number of hydrogen-bond donors (Lipinski definition) is 2. The Morgan fingerprint density at radius 1 is 1.38 bits per heavy atom. The first-order chi connectivity index (χ1) is 9.73. The van der Waals surface area contributed by atoms with Crippen molar-refractivity contribution in [3.8, 4) is 0 Å². The highest BCUT2D eigenvalue weighted by molar-refractivity contribution is 7.11. The molecule has 0 spiro atoms. The number of alkyl halides is 3. The van der Waals surface area contributed by atoms with Gasteiger partial charge in [-0.15, -0.1) is 11.3 Å². The molecule has 1 rings (SSSR count). The van der Waals surface area contributed by atoms with Gasteiger partial charge in [-0.25, -0.2) is 4.79 Å². The zero-order valence-electron chi connectivity index (χ0n) is 10.6. The number of carbonyl (C=O) groups excluding carboxylic acids is 1. The van der Waals surface area contributed by atoms with Crippen LogP contribution < -0.4 is 0 Å². The standard InChI is InChI=1S/C12H12F3NO4S/c13-12(14,15)7-16(3-4-17)11(20)8-5-9(21-6-8)1-2-10(18)19/h1-2,5-6,17H,3-4,7H2,(H,18,19)/b2-1+. The fourth-order valence-corrected chi connectivity index (χ4v) is 2.25. The van der Waals surface area contributed by atoms with E-state index < -0.39 is 37.7 Å². The molecule has 1 heterocycles. The van der Waals surface area contributed by atoms with Crippen LogP contribution in [0, 0.1) is 0 Å². The van der Waals surface area contributed by atoms with Crippen LogP contribution in [0.2, 0.25) is 0 Å². The molecule has 5 nitrogen and oxygen atoms in total. The number of thiophene rings is 1. The molecule has 0 aliphatic heterocycles. The first-order valence-electron chi connectivity index (χ1n) is 5.69. The average molecular weight is 323 g/mol. The Hall–Kier alpha value is -1.87. The molecule has 9 heteroatoms. The predicted molar refractivity (Wildman–Crippen MR) is 70.0 cm³/mol. The molecule has 0 unspecified atom stereocenters.